The van der Waals surface area contributed by atoms with Crippen LogP contribution in [-0.4, -0.2) is 77.4 Å². The van der Waals surface area contributed by atoms with Crippen LogP contribution >= 0.6 is 22.9 Å². The van der Waals surface area contributed by atoms with Crippen molar-refractivity contribution < 1.29 is 32.1 Å². The molecule has 3 aliphatic heterocycles. The van der Waals surface area contributed by atoms with Gasteiger partial charge in [-0.3, -0.25) is 4.90 Å². The summed E-state index contributed by atoms with van der Waals surface area (Å²) in [5, 5.41) is 19.7. The van der Waals surface area contributed by atoms with Gasteiger partial charge in [-0.25, -0.2) is 17.6 Å². The molecule has 0 aliphatic carbocycles. The highest BCUT2D eigenvalue weighted by atomic mass is 35.5. The molecule has 1 unspecified atom stereocenters. The summed E-state index contributed by atoms with van der Waals surface area (Å²) in [5.41, 5.74) is 5.28. The summed E-state index contributed by atoms with van der Waals surface area (Å²) < 4.78 is 72.1. The highest BCUT2D eigenvalue weighted by Crippen LogP contribution is 2.51. The van der Waals surface area contributed by atoms with Crippen molar-refractivity contribution in [3.05, 3.63) is 34.4 Å². The second-order valence-corrected chi connectivity index (χ2v) is 13.3. The number of fused-ring (bicyclic) bond motifs is 2. The molecule has 2 aromatic carbocycles. The molecule has 2 fully saturated rings. The van der Waals surface area contributed by atoms with Gasteiger partial charge in [0.1, 0.15) is 40.9 Å². The Hall–Kier alpha value is -3.64. The van der Waals surface area contributed by atoms with Gasteiger partial charge in [0.2, 0.25) is 0 Å². The molecule has 46 heavy (non-hydrogen) atoms. The fraction of sp³-hybridized carbons (Fsp3) is 0.452. The quantitative estimate of drug-likeness (QED) is 0.223. The van der Waals surface area contributed by atoms with Gasteiger partial charge in [-0.1, -0.05) is 17.7 Å². The Kier molecular flexibility index (Phi) is 7.99. The number of hydrogen-bond acceptors (Lipinski definition) is 10. The van der Waals surface area contributed by atoms with Crippen molar-refractivity contribution in [2.75, 3.05) is 50.0 Å². The number of nitriles is 1. The Morgan fingerprint density at radius 2 is 1.96 bits per heavy atom. The normalized spacial score (nSPS) is 19.3. The van der Waals surface area contributed by atoms with Crippen LogP contribution in [0.2, 0.25) is 5.02 Å². The maximum Gasteiger partial charge on any atom is 0.319 e. The molecule has 2 saturated heterocycles. The largest absolute Gasteiger partial charge is 0.486 e. The number of anilines is 2. The molecule has 0 bridgehead atoms. The molecule has 4 aromatic rings. The average molecular weight is 677 g/mol. The average Bonchev–Trinajstić information content (AvgIpc) is 3.71. The van der Waals surface area contributed by atoms with Gasteiger partial charge in [-0.05, 0) is 50.4 Å². The van der Waals surface area contributed by atoms with Crippen molar-refractivity contribution in [2.45, 2.75) is 50.2 Å². The zero-order valence-corrected chi connectivity index (χ0v) is 26.0. The van der Waals surface area contributed by atoms with Gasteiger partial charge < -0.3 is 25.2 Å². The molecule has 9 nitrogen and oxygen atoms in total. The highest BCUT2D eigenvalue weighted by Gasteiger charge is 2.45. The van der Waals surface area contributed by atoms with Gasteiger partial charge in [-0.2, -0.15) is 15.2 Å². The molecule has 0 amide bonds. The number of nitrogens with two attached hydrogens (primary N) is 1. The molecule has 2 aromatic heterocycles. The first-order valence-corrected chi connectivity index (χ1v) is 16.2. The number of nitrogen functional groups attached to an aromatic ring is 1. The summed E-state index contributed by atoms with van der Waals surface area (Å²) in [5.74, 6) is -1.81. The molecular weight excluding hydrogens is 648 g/mol. The van der Waals surface area contributed by atoms with E-state index < -0.39 is 37.3 Å². The first kappa shape index (κ1) is 31.0. The lowest BCUT2D eigenvalue weighted by molar-refractivity contribution is 0.105. The maximum atomic E-state index is 17.0. The lowest BCUT2D eigenvalue weighted by atomic mass is 9.95. The Balaban J connectivity index is 1.49. The van der Waals surface area contributed by atoms with E-state index in [1.54, 1.807) is 0 Å². The zero-order chi connectivity index (χ0) is 32.3. The van der Waals surface area contributed by atoms with Gasteiger partial charge in [0.25, 0.3) is 6.43 Å². The van der Waals surface area contributed by atoms with Crippen molar-refractivity contribution in [3.63, 3.8) is 0 Å². The first-order chi connectivity index (χ1) is 22.2. The van der Waals surface area contributed by atoms with Crippen LogP contribution < -0.4 is 20.1 Å². The van der Waals surface area contributed by atoms with Crippen molar-refractivity contribution >= 4 is 54.7 Å². The van der Waals surface area contributed by atoms with Crippen molar-refractivity contribution in [1.29, 1.82) is 5.26 Å². The SMILES string of the molecule is N#Cc1c(N)sc2c(F)ccc(-c3c(Cl)c4c5c(nc(OCC67CCCN6CCC7)nc5c3F)N(CC(F)F)CCC(CO)O4)c12. The number of ether oxygens (including phenoxy) is 2. The van der Waals surface area contributed by atoms with E-state index in [2.05, 4.69) is 14.9 Å². The number of aliphatic hydroxyl groups excluding tert-OH is 1. The predicted octanol–water partition coefficient (Wildman–Crippen LogP) is 6.12. The lowest BCUT2D eigenvalue weighted by Gasteiger charge is -2.33. The van der Waals surface area contributed by atoms with Crippen LogP contribution in [0.15, 0.2) is 12.1 Å². The zero-order valence-electron chi connectivity index (χ0n) is 24.5. The summed E-state index contributed by atoms with van der Waals surface area (Å²) in [6, 6.07) is 4.18. The van der Waals surface area contributed by atoms with Crippen molar-refractivity contribution in [1.82, 2.24) is 14.9 Å². The van der Waals surface area contributed by atoms with Gasteiger partial charge >= 0.3 is 6.01 Å². The van der Waals surface area contributed by atoms with Gasteiger partial charge in [0.05, 0.1) is 39.4 Å². The molecule has 7 rings (SSSR count). The molecule has 0 radical (unpaired) electrons. The molecule has 3 N–H and O–H groups in total. The second kappa shape index (κ2) is 11.9. The Labute approximate surface area is 270 Å². The minimum atomic E-state index is -2.77. The van der Waals surface area contributed by atoms with Gasteiger partial charge in [0, 0.05) is 23.9 Å². The third kappa shape index (κ3) is 4.95. The molecule has 1 atom stereocenters. The highest BCUT2D eigenvalue weighted by molar-refractivity contribution is 7.23. The summed E-state index contributed by atoms with van der Waals surface area (Å²) >= 11 is 7.76. The first-order valence-electron chi connectivity index (χ1n) is 15.0. The van der Waals surface area contributed by atoms with Gasteiger partial charge in [-0.15, -0.1) is 11.3 Å². The van der Waals surface area contributed by atoms with E-state index in [1.165, 1.54) is 11.0 Å². The van der Waals surface area contributed by atoms with Crippen LogP contribution in [0.4, 0.5) is 28.4 Å². The number of halogens is 5. The molecule has 3 aliphatic rings. The number of aliphatic hydroxyl groups is 1. The fourth-order valence-corrected chi connectivity index (χ4v) is 8.42. The van der Waals surface area contributed by atoms with Crippen LogP contribution in [0, 0.1) is 23.0 Å². The maximum absolute atomic E-state index is 17.0. The van der Waals surface area contributed by atoms with Crippen LogP contribution in [0.1, 0.15) is 37.7 Å². The molecule has 5 heterocycles. The number of hydrogen-bond donors (Lipinski definition) is 2. The van der Waals surface area contributed by atoms with E-state index in [9.17, 15) is 23.5 Å². The number of alkyl halides is 2. The Morgan fingerprint density at radius 1 is 1.20 bits per heavy atom. The minimum Gasteiger partial charge on any atom is -0.486 e. The smallest absolute Gasteiger partial charge is 0.319 e. The Bertz CT molecular complexity index is 1890. The number of nitrogens with zero attached hydrogens (tertiary/aromatic N) is 5. The van der Waals surface area contributed by atoms with Crippen LogP contribution in [0.5, 0.6) is 11.8 Å². The molecular formula is C31H29ClF4N6O3S. The van der Waals surface area contributed by atoms with Crippen LogP contribution in [-0.2, 0) is 0 Å². The van der Waals surface area contributed by atoms with Gasteiger partial charge in [0.15, 0.2) is 11.6 Å². The fourth-order valence-electron chi connectivity index (χ4n) is 7.15. The molecule has 0 saturated carbocycles. The van der Waals surface area contributed by atoms with E-state index in [4.69, 9.17) is 26.8 Å². The predicted molar refractivity (Wildman–Crippen MR) is 167 cm³/mol. The number of rotatable bonds is 7. The monoisotopic (exact) mass is 676 g/mol. The summed E-state index contributed by atoms with van der Waals surface area (Å²) in [6.45, 7) is 0.926. The van der Waals surface area contributed by atoms with E-state index in [-0.39, 0.29) is 90.4 Å². The van der Waals surface area contributed by atoms with E-state index >= 15 is 4.39 Å². The van der Waals surface area contributed by atoms with Crippen molar-refractivity contribution in [3.8, 4) is 29.0 Å². The third-order valence-corrected chi connectivity index (χ3v) is 10.7. The van der Waals surface area contributed by atoms with Crippen molar-refractivity contribution in [2.24, 2.45) is 0 Å². The topological polar surface area (TPSA) is 121 Å². The van der Waals surface area contributed by atoms with Crippen LogP contribution in [0.25, 0.3) is 32.1 Å². The van der Waals surface area contributed by atoms with E-state index in [1.807, 2.05) is 6.07 Å². The summed E-state index contributed by atoms with van der Waals surface area (Å²) in [7, 11) is 0. The second-order valence-electron chi connectivity index (χ2n) is 11.9. The van der Waals surface area contributed by atoms with E-state index in [0.717, 1.165) is 56.2 Å². The minimum absolute atomic E-state index is 0.0115. The molecule has 242 valence electrons. The summed E-state index contributed by atoms with van der Waals surface area (Å²) in [4.78, 5) is 12.7. The number of thiophene rings is 1. The number of aromatic nitrogens is 2. The third-order valence-electron chi connectivity index (χ3n) is 9.29. The summed E-state index contributed by atoms with van der Waals surface area (Å²) in [6.07, 6.45) is 0.334. The van der Waals surface area contributed by atoms with Crippen LogP contribution in [0.3, 0.4) is 0 Å². The standard InChI is InChI=1S/C31H29ClF4N6O3S/c32-23-21(16-3-4-18(33)27-20(16)17(11-37)28(38)46-27)24(36)25-22-26(23)45-15(13-43)5-10-41(12-19(34)35)29(22)40-30(39-25)44-14-31-6-1-8-42(31)9-2-7-31/h3-4,15,19,43H,1-2,5-10,12-14,38H2. The molecule has 0 spiro atoms. The lowest BCUT2D eigenvalue weighted by Crippen LogP contribution is -2.43. The molecule has 15 heteroatoms. The van der Waals surface area contributed by atoms with E-state index in [0.29, 0.717) is 0 Å². The Morgan fingerprint density at radius 3 is 2.65 bits per heavy atom. The number of benzene rings is 2.